The molecule has 2 fully saturated rings. The Bertz CT molecular complexity index is 914. The van der Waals surface area contributed by atoms with Crippen LogP contribution in [0.4, 0.5) is 5.82 Å². The monoisotopic (exact) mass is 533 g/mol. The number of hydrogen-bond acceptors (Lipinski definition) is 10. The van der Waals surface area contributed by atoms with Crippen LogP contribution in [0.2, 0.25) is 0 Å². The van der Waals surface area contributed by atoms with Gasteiger partial charge in [0.05, 0.1) is 30.9 Å². The summed E-state index contributed by atoms with van der Waals surface area (Å²) in [6, 6.07) is 0.404. The number of ether oxygens (including phenoxy) is 2. The van der Waals surface area contributed by atoms with Crippen LogP contribution in [-0.2, 0) is 9.47 Å². The normalized spacial score (nSPS) is 23.9. The summed E-state index contributed by atoms with van der Waals surface area (Å²) in [6.07, 6.45) is 7.02. The van der Waals surface area contributed by atoms with Crippen molar-refractivity contribution in [2.75, 3.05) is 25.1 Å². The zero-order valence-corrected chi connectivity index (χ0v) is 20.1. The highest BCUT2D eigenvalue weighted by Gasteiger charge is 2.40. The van der Waals surface area contributed by atoms with Crippen LogP contribution >= 0.6 is 24.3 Å². The van der Waals surface area contributed by atoms with Gasteiger partial charge in [0.2, 0.25) is 13.1 Å². The molecule has 0 amide bonds. The van der Waals surface area contributed by atoms with Crippen molar-refractivity contribution < 1.29 is 29.5 Å². The molecule has 2 aromatic rings. The van der Waals surface area contributed by atoms with Crippen LogP contribution in [0.25, 0.3) is 11.0 Å². The Labute approximate surface area is 195 Å². The van der Waals surface area contributed by atoms with Gasteiger partial charge in [-0.3, -0.25) is 0 Å². The Morgan fingerprint density at radius 2 is 2.00 bits per heavy atom. The molecule has 178 valence electrons. The molecule has 11 nitrogen and oxygen atoms in total. The van der Waals surface area contributed by atoms with Crippen LogP contribution in [0.15, 0.2) is 10.9 Å². The van der Waals surface area contributed by atoms with Gasteiger partial charge in [-0.15, -0.1) is 0 Å². The van der Waals surface area contributed by atoms with Crippen molar-refractivity contribution in [2.45, 2.75) is 68.7 Å². The molecular formula is C19H29BrN5O6P. The van der Waals surface area contributed by atoms with Gasteiger partial charge in [-0.05, 0) is 41.6 Å². The van der Waals surface area contributed by atoms with Crippen LogP contribution in [0.5, 0.6) is 0 Å². The summed E-state index contributed by atoms with van der Waals surface area (Å²) in [5.74, 6) is 0.758. The summed E-state index contributed by atoms with van der Waals surface area (Å²) in [7, 11) is -2.59. The van der Waals surface area contributed by atoms with Gasteiger partial charge in [0.1, 0.15) is 5.82 Å². The SMILES string of the molecule is OCCC(CO)(OCC1CCC(n2ncc3c(NC4CCCC4)nc(Br)nc32)O1)P(O)O. The standard InChI is InChI=1S/C19H29BrN5O6P/c20-18-23-16(22-12-3-1-2-4-12)14-9-21-25(17(14)24-18)15-6-5-13(31-15)10-30-19(11-27,7-8-26)32(28)29/h9,12-13,15,26-29H,1-8,10-11H2,(H,22,23,24). The zero-order chi connectivity index (χ0) is 22.7. The van der Waals surface area contributed by atoms with E-state index in [1.807, 2.05) is 0 Å². The van der Waals surface area contributed by atoms with E-state index in [1.54, 1.807) is 10.9 Å². The van der Waals surface area contributed by atoms with E-state index < -0.39 is 20.3 Å². The lowest BCUT2D eigenvalue weighted by molar-refractivity contribution is -0.0967. The van der Waals surface area contributed by atoms with Gasteiger partial charge in [0.15, 0.2) is 17.2 Å². The highest BCUT2D eigenvalue weighted by molar-refractivity contribution is 9.10. The van der Waals surface area contributed by atoms with Gasteiger partial charge < -0.3 is 34.8 Å². The first-order valence-electron chi connectivity index (χ1n) is 10.8. The third kappa shape index (κ3) is 5.07. The molecule has 0 spiro atoms. The molecule has 5 N–H and O–H groups in total. The van der Waals surface area contributed by atoms with Gasteiger partial charge in [0.25, 0.3) is 0 Å². The molecule has 1 aliphatic carbocycles. The summed E-state index contributed by atoms with van der Waals surface area (Å²) < 4.78 is 14.0. The van der Waals surface area contributed by atoms with Crippen molar-refractivity contribution >= 4 is 41.2 Å². The zero-order valence-electron chi connectivity index (χ0n) is 17.6. The van der Waals surface area contributed by atoms with Gasteiger partial charge >= 0.3 is 0 Å². The third-order valence-corrected chi connectivity index (χ3v) is 7.71. The fourth-order valence-electron chi connectivity index (χ4n) is 4.31. The predicted molar refractivity (Wildman–Crippen MR) is 121 cm³/mol. The molecule has 0 radical (unpaired) electrons. The smallest absolute Gasteiger partial charge is 0.202 e. The molecule has 1 aliphatic heterocycles. The summed E-state index contributed by atoms with van der Waals surface area (Å²) in [6.45, 7) is -0.878. The Balaban J connectivity index is 1.46. The molecule has 2 aromatic heterocycles. The first kappa shape index (κ1) is 24.2. The molecule has 0 bridgehead atoms. The van der Waals surface area contributed by atoms with E-state index in [2.05, 4.69) is 36.3 Å². The number of hydrogen-bond donors (Lipinski definition) is 5. The first-order valence-corrected chi connectivity index (χ1v) is 12.9. The number of anilines is 1. The van der Waals surface area contributed by atoms with Crippen molar-refractivity contribution in [3.63, 3.8) is 0 Å². The quantitative estimate of drug-likeness (QED) is 0.226. The Morgan fingerprint density at radius 3 is 2.69 bits per heavy atom. The fraction of sp³-hybridized carbons (Fsp3) is 0.737. The fourth-order valence-corrected chi connectivity index (χ4v) is 5.28. The van der Waals surface area contributed by atoms with E-state index in [0.717, 1.165) is 24.0 Å². The Morgan fingerprint density at radius 1 is 1.22 bits per heavy atom. The average molecular weight is 534 g/mol. The Kier molecular flexibility index (Phi) is 7.94. The molecule has 1 saturated carbocycles. The van der Waals surface area contributed by atoms with Crippen LogP contribution in [0, 0.1) is 0 Å². The minimum absolute atomic E-state index is 0.0589. The van der Waals surface area contributed by atoms with E-state index in [0.29, 0.717) is 29.3 Å². The highest BCUT2D eigenvalue weighted by Crippen LogP contribution is 2.46. The molecule has 0 aromatic carbocycles. The average Bonchev–Trinajstić information content (AvgIpc) is 3.51. The lowest BCUT2D eigenvalue weighted by Crippen LogP contribution is -2.38. The molecule has 1 saturated heterocycles. The lowest BCUT2D eigenvalue weighted by atomic mass is 10.2. The number of aromatic nitrogens is 4. The van der Waals surface area contributed by atoms with Crippen LogP contribution in [-0.4, -0.2) is 77.1 Å². The minimum atomic E-state index is -2.59. The number of nitrogens with zero attached hydrogens (tertiary/aromatic N) is 4. The van der Waals surface area contributed by atoms with Crippen molar-refractivity contribution in [1.29, 1.82) is 0 Å². The van der Waals surface area contributed by atoms with E-state index in [4.69, 9.17) is 9.47 Å². The van der Waals surface area contributed by atoms with Gasteiger partial charge in [-0.2, -0.15) is 5.10 Å². The minimum Gasteiger partial charge on any atom is -0.396 e. The number of halogens is 1. The molecule has 3 atom stereocenters. The lowest BCUT2D eigenvalue weighted by Gasteiger charge is -2.33. The van der Waals surface area contributed by atoms with Gasteiger partial charge in [-0.1, -0.05) is 12.8 Å². The van der Waals surface area contributed by atoms with Crippen molar-refractivity contribution in [3.05, 3.63) is 10.9 Å². The highest BCUT2D eigenvalue weighted by atomic mass is 79.9. The Hall–Kier alpha value is -0.980. The maximum Gasteiger partial charge on any atom is 0.202 e. The number of aliphatic hydroxyl groups is 2. The van der Waals surface area contributed by atoms with E-state index >= 15 is 0 Å². The van der Waals surface area contributed by atoms with Crippen LogP contribution in [0.3, 0.4) is 0 Å². The molecule has 4 rings (SSSR count). The second-order valence-electron chi connectivity index (χ2n) is 8.26. The maximum atomic E-state index is 9.69. The summed E-state index contributed by atoms with van der Waals surface area (Å²) >= 11 is 3.40. The molecule has 32 heavy (non-hydrogen) atoms. The largest absolute Gasteiger partial charge is 0.396 e. The second kappa shape index (κ2) is 10.5. The molecule has 3 heterocycles. The van der Waals surface area contributed by atoms with Crippen LogP contribution < -0.4 is 5.32 Å². The van der Waals surface area contributed by atoms with Gasteiger partial charge in [-0.25, -0.2) is 14.6 Å². The maximum absolute atomic E-state index is 9.69. The molecule has 2 aliphatic rings. The first-order chi connectivity index (χ1) is 15.5. The number of fused-ring (bicyclic) bond motifs is 1. The predicted octanol–water partition coefficient (Wildman–Crippen LogP) is 2.00. The van der Waals surface area contributed by atoms with Crippen LogP contribution in [0.1, 0.15) is 51.2 Å². The second-order valence-corrected chi connectivity index (χ2v) is 10.4. The third-order valence-electron chi connectivity index (χ3n) is 6.13. The van der Waals surface area contributed by atoms with Gasteiger partial charge in [0, 0.05) is 19.1 Å². The molecule has 13 heteroatoms. The van der Waals surface area contributed by atoms with Crippen molar-refractivity contribution in [1.82, 2.24) is 19.7 Å². The van der Waals surface area contributed by atoms with Crippen molar-refractivity contribution in [3.8, 4) is 0 Å². The topological polar surface area (TPSA) is 155 Å². The molecular weight excluding hydrogens is 505 g/mol. The van der Waals surface area contributed by atoms with E-state index in [-0.39, 0.29) is 32.0 Å². The van der Waals surface area contributed by atoms with E-state index in [1.165, 1.54) is 12.8 Å². The molecule has 3 unspecified atom stereocenters. The number of aliphatic hydroxyl groups excluding tert-OH is 2. The summed E-state index contributed by atoms with van der Waals surface area (Å²) in [4.78, 5) is 28.4. The number of rotatable bonds is 10. The number of nitrogens with one attached hydrogen (secondary N) is 1. The summed E-state index contributed by atoms with van der Waals surface area (Å²) in [5, 5.41) is 26.1. The van der Waals surface area contributed by atoms with Crippen molar-refractivity contribution in [2.24, 2.45) is 0 Å². The summed E-state index contributed by atoms with van der Waals surface area (Å²) in [5.41, 5.74) is 0.665. The van der Waals surface area contributed by atoms with E-state index in [9.17, 15) is 20.0 Å².